The van der Waals surface area contributed by atoms with Crippen LogP contribution in [-0.2, 0) is 4.79 Å². The lowest BCUT2D eigenvalue weighted by Crippen LogP contribution is -2.50. The van der Waals surface area contributed by atoms with Gasteiger partial charge in [0, 0.05) is 12.1 Å². The summed E-state index contributed by atoms with van der Waals surface area (Å²) in [6.07, 6.45) is 1.00. The first-order chi connectivity index (χ1) is 7.01. The molecule has 0 rings (SSSR count). The average molecular weight is 228 g/mol. The maximum absolute atomic E-state index is 11.7. The van der Waals surface area contributed by atoms with Gasteiger partial charge in [0.1, 0.15) is 0 Å². The topological polar surface area (TPSA) is 41.1 Å². The molecule has 2 N–H and O–H groups in total. The molecular weight excluding hydrogens is 200 g/mol. The van der Waals surface area contributed by atoms with E-state index in [0.29, 0.717) is 0 Å². The summed E-state index contributed by atoms with van der Waals surface area (Å²) < 4.78 is 0. The van der Waals surface area contributed by atoms with Crippen molar-refractivity contribution in [1.82, 2.24) is 10.6 Å². The van der Waals surface area contributed by atoms with Crippen molar-refractivity contribution in [2.24, 2.45) is 5.41 Å². The molecule has 0 bridgehead atoms. The van der Waals surface area contributed by atoms with Gasteiger partial charge in [-0.15, -0.1) is 0 Å². The second kappa shape index (κ2) is 5.67. The fourth-order valence-electron chi connectivity index (χ4n) is 1.43. The predicted molar refractivity (Wildman–Crippen MR) is 69.4 cm³/mol. The number of hydrogen-bond donors (Lipinski definition) is 2. The molecule has 0 unspecified atom stereocenters. The summed E-state index contributed by atoms with van der Waals surface area (Å²) in [4.78, 5) is 11.7. The molecule has 0 aliphatic heterocycles. The lowest BCUT2D eigenvalue weighted by atomic mass is 9.92. The Morgan fingerprint density at radius 2 is 1.62 bits per heavy atom. The van der Waals surface area contributed by atoms with Crippen LogP contribution in [0.2, 0.25) is 0 Å². The fraction of sp³-hybridized carbons (Fsp3) is 0.923. The van der Waals surface area contributed by atoms with Gasteiger partial charge in [-0.1, -0.05) is 20.8 Å². The highest BCUT2D eigenvalue weighted by atomic mass is 16.2. The zero-order valence-electron chi connectivity index (χ0n) is 11.9. The van der Waals surface area contributed by atoms with E-state index in [1.54, 1.807) is 0 Å². The molecule has 3 heteroatoms. The SMILES string of the molecule is C[C@@H](NC(C)(C)C)C(=O)NCCC(C)(C)C. The summed E-state index contributed by atoms with van der Waals surface area (Å²) in [6.45, 7) is 15.4. The Balaban J connectivity index is 3.90. The van der Waals surface area contributed by atoms with Gasteiger partial charge in [0.25, 0.3) is 0 Å². The minimum absolute atomic E-state index is 0.0270. The summed E-state index contributed by atoms with van der Waals surface area (Å²) in [5.41, 5.74) is 0.245. The molecule has 0 radical (unpaired) electrons. The Morgan fingerprint density at radius 1 is 1.12 bits per heavy atom. The average Bonchev–Trinajstić information content (AvgIpc) is 1.98. The van der Waals surface area contributed by atoms with Crippen molar-refractivity contribution in [1.29, 1.82) is 0 Å². The molecule has 0 heterocycles. The molecule has 3 nitrogen and oxygen atoms in total. The number of amides is 1. The van der Waals surface area contributed by atoms with Crippen molar-refractivity contribution in [3.05, 3.63) is 0 Å². The monoisotopic (exact) mass is 228 g/mol. The lowest BCUT2D eigenvalue weighted by molar-refractivity contribution is -0.123. The van der Waals surface area contributed by atoms with Crippen LogP contribution in [0.5, 0.6) is 0 Å². The van der Waals surface area contributed by atoms with Crippen LogP contribution < -0.4 is 10.6 Å². The van der Waals surface area contributed by atoms with Crippen molar-refractivity contribution in [2.75, 3.05) is 6.54 Å². The fourth-order valence-corrected chi connectivity index (χ4v) is 1.43. The normalized spacial score (nSPS) is 14.7. The van der Waals surface area contributed by atoms with Crippen LogP contribution in [0, 0.1) is 5.41 Å². The van der Waals surface area contributed by atoms with E-state index in [1.807, 2.05) is 6.92 Å². The first kappa shape index (κ1) is 15.4. The molecule has 0 saturated heterocycles. The summed E-state index contributed by atoms with van der Waals surface area (Å²) in [7, 11) is 0. The molecular formula is C13H28N2O. The van der Waals surface area contributed by atoms with E-state index >= 15 is 0 Å². The largest absolute Gasteiger partial charge is 0.355 e. The van der Waals surface area contributed by atoms with E-state index in [2.05, 4.69) is 52.2 Å². The second-order valence-corrected chi connectivity index (χ2v) is 6.72. The van der Waals surface area contributed by atoms with Gasteiger partial charge in [-0.2, -0.15) is 0 Å². The minimum atomic E-state index is -0.139. The maximum atomic E-state index is 11.7. The zero-order valence-corrected chi connectivity index (χ0v) is 11.9. The van der Waals surface area contributed by atoms with E-state index in [0.717, 1.165) is 13.0 Å². The van der Waals surface area contributed by atoms with Gasteiger partial charge in [0.05, 0.1) is 6.04 Å². The van der Waals surface area contributed by atoms with Crippen LogP contribution in [0.1, 0.15) is 54.9 Å². The quantitative estimate of drug-likeness (QED) is 0.775. The first-order valence-corrected chi connectivity index (χ1v) is 6.07. The Kier molecular flexibility index (Phi) is 5.47. The minimum Gasteiger partial charge on any atom is -0.355 e. The van der Waals surface area contributed by atoms with Crippen molar-refractivity contribution in [3.63, 3.8) is 0 Å². The third-order valence-electron chi connectivity index (χ3n) is 2.22. The van der Waals surface area contributed by atoms with Crippen LogP contribution in [0.3, 0.4) is 0 Å². The molecule has 1 amide bonds. The van der Waals surface area contributed by atoms with E-state index in [1.165, 1.54) is 0 Å². The second-order valence-electron chi connectivity index (χ2n) is 6.72. The Morgan fingerprint density at radius 3 is 2.00 bits per heavy atom. The van der Waals surface area contributed by atoms with Gasteiger partial charge in [0.15, 0.2) is 0 Å². The molecule has 0 aliphatic rings. The highest BCUT2D eigenvalue weighted by Gasteiger charge is 2.19. The standard InChI is InChI=1S/C13H28N2O/c1-10(15-13(5,6)7)11(16)14-9-8-12(2,3)4/h10,15H,8-9H2,1-7H3,(H,14,16)/t10-/m1/s1. The van der Waals surface area contributed by atoms with Crippen LogP contribution in [-0.4, -0.2) is 24.0 Å². The Bertz CT molecular complexity index is 223. The van der Waals surface area contributed by atoms with Gasteiger partial charge < -0.3 is 10.6 Å². The summed E-state index contributed by atoms with van der Waals surface area (Å²) in [5.74, 6) is 0.0826. The smallest absolute Gasteiger partial charge is 0.236 e. The van der Waals surface area contributed by atoms with E-state index in [-0.39, 0.29) is 22.9 Å². The highest BCUT2D eigenvalue weighted by molar-refractivity contribution is 5.81. The molecule has 0 saturated carbocycles. The number of carbonyl (C=O) groups excluding carboxylic acids is 1. The van der Waals surface area contributed by atoms with Crippen molar-refractivity contribution >= 4 is 5.91 Å². The molecule has 96 valence electrons. The van der Waals surface area contributed by atoms with Gasteiger partial charge in [-0.05, 0) is 39.5 Å². The van der Waals surface area contributed by atoms with Crippen LogP contribution in [0.4, 0.5) is 0 Å². The highest BCUT2D eigenvalue weighted by Crippen LogP contribution is 2.16. The number of nitrogens with one attached hydrogen (secondary N) is 2. The molecule has 0 aromatic carbocycles. The summed E-state index contributed by atoms with van der Waals surface area (Å²) >= 11 is 0. The molecule has 0 aliphatic carbocycles. The number of carbonyl (C=O) groups is 1. The van der Waals surface area contributed by atoms with Gasteiger partial charge in [-0.25, -0.2) is 0 Å². The van der Waals surface area contributed by atoms with Crippen molar-refractivity contribution in [3.8, 4) is 0 Å². The summed E-state index contributed by atoms with van der Waals surface area (Å²) in [6, 6.07) is -0.139. The Labute approximate surface area is 100 Å². The van der Waals surface area contributed by atoms with E-state index in [4.69, 9.17) is 0 Å². The van der Waals surface area contributed by atoms with Crippen LogP contribution >= 0.6 is 0 Å². The molecule has 16 heavy (non-hydrogen) atoms. The predicted octanol–water partition coefficient (Wildman–Crippen LogP) is 2.32. The Hall–Kier alpha value is -0.570. The third kappa shape index (κ3) is 8.72. The van der Waals surface area contributed by atoms with Crippen molar-refractivity contribution in [2.45, 2.75) is 66.5 Å². The maximum Gasteiger partial charge on any atom is 0.236 e. The molecule has 0 fully saturated rings. The molecule has 0 aromatic rings. The molecule has 0 spiro atoms. The lowest BCUT2D eigenvalue weighted by Gasteiger charge is -2.26. The molecule has 1 atom stereocenters. The number of rotatable bonds is 4. The summed E-state index contributed by atoms with van der Waals surface area (Å²) in [5, 5.41) is 6.21. The van der Waals surface area contributed by atoms with E-state index < -0.39 is 0 Å². The van der Waals surface area contributed by atoms with E-state index in [9.17, 15) is 4.79 Å². The number of hydrogen-bond acceptors (Lipinski definition) is 2. The van der Waals surface area contributed by atoms with Gasteiger partial charge in [0.2, 0.25) is 5.91 Å². The molecule has 0 aromatic heterocycles. The van der Waals surface area contributed by atoms with Gasteiger partial charge >= 0.3 is 0 Å². The zero-order chi connectivity index (χ0) is 13.0. The third-order valence-corrected chi connectivity index (χ3v) is 2.22. The van der Waals surface area contributed by atoms with Crippen molar-refractivity contribution < 1.29 is 4.79 Å². The van der Waals surface area contributed by atoms with Crippen LogP contribution in [0.25, 0.3) is 0 Å². The van der Waals surface area contributed by atoms with Gasteiger partial charge in [-0.3, -0.25) is 4.79 Å². The first-order valence-electron chi connectivity index (χ1n) is 6.07. The van der Waals surface area contributed by atoms with Crippen LogP contribution in [0.15, 0.2) is 0 Å².